The highest BCUT2D eigenvalue weighted by Crippen LogP contribution is 2.26. The molecule has 1 aromatic carbocycles. The third-order valence-corrected chi connectivity index (χ3v) is 4.91. The number of rotatable bonds is 5. The molecule has 0 fully saturated rings. The summed E-state index contributed by atoms with van der Waals surface area (Å²) in [5, 5.41) is 2.92. The third kappa shape index (κ3) is 3.30. The summed E-state index contributed by atoms with van der Waals surface area (Å²) in [5.74, 6) is 0.0540. The summed E-state index contributed by atoms with van der Waals surface area (Å²) in [4.78, 5) is 41.2. The van der Waals surface area contributed by atoms with E-state index < -0.39 is 11.2 Å². The summed E-state index contributed by atoms with van der Waals surface area (Å²) >= 11 is 0. The topological polar surface area (TPSA) is 90.9 Å². The van der Waals surface area contributed by atoms with Gasteiger partial charge in [-0.25, -0.2) is 9.78 Å². The van der Waals surface area contributed by atoms with Gasteiger partial charge >= 0.3 is 5.69 Å². The Morgan fingerprint density at radius 3 is 2.59 bits per heavy atom. The van der Waals surface area contributed by atoms with Gasteiger partial charge in [0, 0.05) is 19.8 Å². The number of anilines is 1. The predicted octanol–water partition coefficient (Wildman–Crippen LogP) is 1.59. The third-order valence-electron chi connectivity index (χ3n) is 4.91. The van der Waals surface area contributed by atoms with Gasteiger partial charge < -0.3 is 9.88 Å². The lowest BCUT2D eigenvalue weighted by Gasteiger charge is -2.15. The van der Waals surface area contributed by atoms with Crippen LogP contribution in [0, 0.1) is 0 Å². The molecule has 1 unspecified atom stereocenters. The van der Waals surface area contributed by atoms with Gasteiger partial charge in [0.2, 0.25) is 5.91 Å². The molecule has 8 nitrogen and oxygen atoms in total. The van der Waals surface area contributed by atoms with Crippen molar-refractivity contribution in [2.24, 2.45) is 14.1 Å². The van der Waals surface area contributed by atoms with Gasteiger partial charge in [0.15, 0.2) is 11.2 Å². The smallest absolute Gasteiger partial charge is 0.324 e. The fraction of sp³-hybridized carbons (Fsp3) is 0.368. The first-order chi connectivity index (χ1) is 12.8. The zero-order valence-corrected chi connectivity index (χ0v) is 15.9. The van der Waals surface area contributed by atoms with Crippen LogP contribution in [0.25, 0.3) is 11.2 Å². The number of nitrogens with zero attached hydrogens (tertiary/aromatic N) is 4. The minimum atomic E-state index is -0.474. The predicted molar refractivity (Wildman–Crippen MR) is 104 cm³/mol. The molecule has 0 saturated carbocycles. The summed E-state index contributed by atoms with van der Waals surface area (Å²) < 4.78 is 3.78. The van der Waals surface area contributed by atoms with E-state index in [1.165, 1.54) is 22.5 Å². The van der Waals surface area contributed by atoms with Gasteiger partial charge in [-0.1, -0.05) is 32.0 Å². The quantitative estimate of drug-likeness (QED) is 0.739. The summed E-state index contributed by atoms with van der Waals surface area (Å²) in [6.07, 6.45) is 2.37. The van der Waals surface area contributed by atoms with Crippen molar-refractivity contribution in [3.8, 4) is 0 Å². The number of carbonyl (C=O) groups excluding carboxylic acids is 1. The maximum absolute atomic E-state index is 12.6. The molecule has 2 aromatic heterocycles. The number of para-hydroxylation sites is 1. The number of benzene rings is 1. The monoisotopic (exact) mass is 369 g/mol. The van der Waals surface area contributed by atoms with Gasteiger partial charge in [-0.15, -0.1) is 0 Å². The van der Waals surface area contributed by atoms with E-state index in [2.05, 4.69) is 24.1 Å². The van der Waals surface area contributed by atoms with E-state index in [4.69, 9.17) is 0 Å². The van der Waals surface area contributed by atoms with E-state index in [1.54, 1.807) is 7.05 Å². The summed E-state index contributed by atoms with van der Waals surface area (Å²) in [7, 11) is 2.95. The van der Waals surface area contributed by atoms with Crippen LogP contribution in [0.3, 0.4) is 0 Å². The molecule has 27 heavy (non-hydrogen) atoms. The molecule has 2 heterocycles. The lowest BCUT2D eigenvalue weighted by molar-refractivity contribution is -0.116. The minimum absolute atomic E-state index is 0.0707. The van der Waals surface area contributed by atoms with Crippen molar-refractivity contribution in [2.75, 3.05) is 5.32 Å². The van der Waals surface area contributed by atoms with Crippen LogP contribution in [0.4, 0.5) is 5.69 Å². The summed E-state index contributed by atoms with van der Waals surface area (Å²) in [5.41, 5.74) is 1.40. The van der Waals surface area contributed by atoms with Crippen LogP contribution >= 0.6 is 0 Å². The normalized spacial score (nSPS) is 12.3. The van der Waals surface area contributed by atoms with Crippen LogP contribution in [0.5, 0.6) is 0 Å². The van der Waals surface area contributed by atoms with Gasteiger partial charge in [-0.3, -0.25) is 18.7 Å². The fourth-order valence-corrected chi connectivity index (χ4v) is 3.12. The molecule has 0 radical (unpaired) electrons. The van der Waals surface area contributed by atoms with E-state index in [0.717, 1.165) is 22.2 Å². The van der Waals surface area contributed by atoms with Gasteiger partial charge in [-0.05, 0) is 24.0 Å². The zero-order valence-electron chi connectivity index (χ0n) is 15.9. The van der Waals surface area contributed by atoms with Crippen LogP contribution in [0.1, 0.15) is 31.7 Å². The average molecular weight is 369 g/mol. The highest BCUT2D eigenvalue weighted by atomic mass is 16.2. The summed E-state index contributed by atoms with van der Waals surface area (Å²) in [6.45, 7) is 4.14. The number of hydrogen-bond donors (Lipinski definition) is 1. The maximum atomic E-state index is 12.6. The standard InChI is InChI=1S/C19H23N5O3/c1-5-12(2)13-8-6-7-9-14(13)21-15(25)10-24-11-20-17-16(24)18(26)23(4)19(27)22(17)3/h6-9,11-12H,5,10H2,1-4H3,(H,21,25). The average Bonchev–Trinajstić information content (AvgIpc) is 3.08. The molecule has 8 heteroatoms. The Labute approximate surface area is 156 Å². The first kappa shape index (κ1) is 18.6. The lowest BCUT2D eigenvalue weighted by Crippen LogP contribution is -2.37. The van der Waals surface area contributed by atoms with Crippen LogP contribution in [0.15, 0.2) is 40.2 Å². The van der Waals surface area contributed by atoms with Crippen molar-refractivity contribution in [2.45, 2.75) is 32.7 Å². The number of aromatic nitrogens is 4. The van der Waals surface area contributed by atoms with Crippen LogP contribution in [0.2, 0.25) is 0 Å². The van der Waals surface area contributed by atoms with E-state index in [0.29, 0.717) is 5.92 Å². The Morgan fingerprint density at radius 1 is 1.19 bits per heavy atom. The number of nitrogens with one attached hydrogen (secondary N) is 1. The number of amides is 1. The number of fused-ring (bicyclic) bond motifs is 1. The molecule has 0 bridgehead atoms. The van der Waals surface area contributed by atoms with Gasteiger partial charge in [0.05, 0.1) is 6.33 Å². The Bertz CT molecular complexity index is 1120. The summed E-state index contributed by atoms with van der Waals surface area (Å²) in [6, 6.07) is 7.69. The molecule has 0 aliphatic heterocycles. The highest BCUT2D eigenvalue weighted by Gasteiger charge is 2.17. The molecule has 1 atom stereocenters. The number of aryl methyl sites for hydroxylation is 1. The van der Waals surface area contributed by atoms with Crippen molar-refractivity contribution in [1.82, 2.24) is 18.7 Å². The molecule has 0 aliphatic carbocycles. The zero-order chi connectivity index (χ0) is 19.7. The first-order valence-corrected chi connectivity index (χ1v) is 8.84. The second-order valence-corrected chi connectivity index (χ2v) is 6.70. The van der Waals surface area contributed by atoms with Crippen molar-refractivity contribution < 1.29 is 4.79 Å². The van der Waals surface area contributed by atoms with Crippen molar-refractivity contribution in [3.05, 3.63) is 57.0 Å². The van der Waals surface area contributed by atoms with Gasteiger partial charge in [0.25, 0.3) is 5.56 Å². The molecule has 1 N–H and O–H groups in total. The Balaban J connectivity index is 1.93. The van der Waals surface area contributed by atoms with Gasteiger partial charge in [-0.2, -0.15) is 0 Å². The molecule has 0 saturated heterocycles. The van der Waals surface area contributed by atoms with Crippen molar-refractivity contribution in [1.29, 1.82) is 0 Å². The molecular formula is C19H23N5O3. The lowest BCUT2D eigenvalue weighted by atomic mass is 9.97. The van der Waals surface area contributed by atoms with Crippen LogP contribution in [-0.4, -0.2) is 24.6 Å². The molecule has 0 spiro atoms. The fourth-order valence-electron chi connectivity index (χ4n) is 3.12. The first-order valence-electron chi connectivity index (χ1n) is 8.84. The largest absolute Gasteiger partial charge is 0.332 e. The van der Waals surface area contributed by atoms with E-state index in [-0.39, 0.29) is 23.6 Å². The molecule has 3 rings (SSSR count). The number of imidazole rings is 1. The second kappa shape index (κ2) is 7.22. The highest BCUT2D eigenvalue weighted by molar-refractivity contribution is 5.92. The van der Waals surface area contributed by atoms with Crippen molar-refractivity contribution in [3.63, 3.8) is 0 Å². The molecule has 142 valence electrons. The number of carbonyl (C=O) groups is 1. The molecule has 1 amide bonds. The Kier molecular flexibility index (Phi) is 4.98. The molecule has 3 aromatic rings. The maximum Gasteiger partial charge on any atom is 0.332 e. The molecule has 0 aliphatic rings. The van der Waals surface area contributed by atoms with Crippen molar-refractivity contribution >= 4 is 22.8 Å². The Morgan fingerprint density at radius 2 is 1.89 bits per heavy atom. The molecular weight excluding hydrogens is 346 g/mol. The number of hydrogen-bond acceptors (Lipinski definition) is 4. The second-order valence-electron chi connectivity index (χ2n) is 6.70. The Hall–Kier alpha value is -3.16. The van der Waals surface area contributed by atoms with Gasteiger partial charge in [0.1, 0.15) is 6.54 Å². The van der Waals surface area contributed by atoms with Crippen LogP contribution < -0.4 is 16.6 Å². The van der Waals surface area contributed by atoms with E-state index >= 15 is 0 Å². The minimum Gasteiger partial charge on any atom is -0.324 e. The van der Waals surface area contributed by atoms with E-state index in [1.807, 2.05) is 24.3 Å². The van der Waals surface area contributed by atoms with E-state index in [9.17, 15) is 14.4 Å². The SMILES string of the molecule is CCC(C)c1ccccc1NC(=O)Cn1cnc2c1c(=O)n(C)c(=O)n2C. The van der Waals surface area contributed by atoms with Crippen LogP contribution in [-0.2, 0) is 25.4 Å².